The molecule has 5 aromatic rings. The summed E-state index contributed by atoms with van der Waals surface area (Å²) < 4.78 is 1.36. The standard InChI is InChI=1S/C21H17N7O2/c1-2-13(29)10-18-20(15-5-3-4-8-22-15)21-23-16(11-19(30)28(21)26-18)12-6-7-14-17(9-12)25-27-24-14/h3-9,11,26H,2,10H2,1H3,(H,24,25,27). The van der Waals surface area contributed by atoms with Gasteiger partial charge in [0.15, 0.2) is 5.65 Å². The second-order valence-electron chi connectivity index (χ2n) is 6.92. The Balaban J connectivity index is 1.76. The number of pyridine rings is 1. The number of nitrogens with one attached hydrogen (secondary N) is 2. The molecule has 0 atom stereocenters. The summed E-state index contributed by atoms with van der Waals surface area (Å²) in [5, 5.41) is 13.8. The van der Waals surface area contributed by atoms with Crippen LogP contribution >= 0.6 is 0 Å². The predicted octanol–water partition coefficient (Wildman–Crippen LogP) is 2.54. The molecule has 0 spiro atoms. The van der Waals surface area contributed by atoms with E-state index in [0.717, 1.165) is 11.1 Å². The lowest BCUT2D eigenvalue weighted by atomic mass is 10.1. The Morgan fingerprint density at radius 2 is 1.93 bits per heavy atom. The number of fused-ring (bicyclic) bond motifs is 2. The Morgan fingerprint density at radius 1 is 1.07 bits per heavy atom. The summed E-state index contributed by atoms with van der Waals surface area (Å²) >= 11 is 0. The van der Waals surface area contributed by atoms with Gasteiger partial charge in [-0.3, -0.25) is 19.7 Å². The van der Waals surface area contributed by atoms with Crippen LogP contribution in [-0.2, 0) is 11.2 Å². The Morgan fingerprint density at radius 3 is 2.73 bits per heavy atom. The van der Waals surface area contributed by atoms with E-state index < -0.39 is 0 Å². The highest BCUT2D eigenvalue weighted by molar-refractivity contribution is 5.87. The molecule has 0 bridgehead atoms. The number of ketones is 1. The number of Topliss-reactive ketones (excluding diaryl/α,β-unsaturated/α-hetero) is 1. The number of nitrogens with zero attached hydrogens (tertiary/aromatic N) is 5. The first-order chi connectivity index (χ1) is 14.6. The smallest absolute Gasteiger partial charge is 0.273 e. The van der Waals surface area contributed by atoms with Gasteiger partial charge in [-0.2, -0.15) is 15.4 Å². The first kappa shape index (κ1) is 17.9. The first-order valence-electron chi connectivity index (χ1n) is 9.52. The van der Waals surface area contributed by atoms with E-state index in [0.29, 0.717) is 40.2 Å². The third kappa shape index (κ3) is 2.96. The summed E-state index contributed by atoms with van der Waals surface area (Å²) in [4.78, 5) is 34.2. The van der Waals surface area contributed by atoms with E-state index in [2.05, 4.69) is 25.5 Å². The van der Waals surface area contributed by atoms with E-state index in [9.17, 15) is 9.59 Å². The molecule has 9 nitrogen and oxygen atoms in total. The van der Waals surface area contributed by atoms with E-state index in [-0.39, 0.29) is 17.8 Å². The molecule has 1 aromatic carbocycles. The van der Waals surface area contributed by atoms with Crippen LogP contribution in [0.3, 0.4) is 0 Å². The molecule has 4 heterocycles. The molecule has 0 amide bonds. The molecule has 2 N–H and O–H groups in total. The predicted molar refractivity (Wildman–Crippen MR) is 111 cm³/mol. The highest BCUT2D eigenvalue weighted by Gasteiger charge is 2.20. The zero-order chi connectivity index (χ0) is 20.7. The van der Waals surface area contributed by atoms with Crippen LogP contribution < -0.4 is 5.56 Å². The number of hydrogen-bond donors (Lipinski definition) is 2. The van der Waals surface area contributed by atoms with Crippen LogP contribution in [-0.4, -0.2) is 40.8 Å². The van der Waals surface area contributed by atoms with Crippen LogP contribution in [0.2, 0.25) is 0 Å². The summed E-state index contributed by atoms with van der Waals surface area (Å²) in [7, 11) is 0. The van der Waals surface area contributed by atoms with Crippen molar-refractivity contribution in [1.82, 2.24) is 35.0 Å². The van der Waals surface area contributed by atoms with Crippen LogP contribution in [0, 0.1) is 0 Å². The van der Waals surface area contributed by atoms with Crippen molar-refractivity contribution < 1.29 is 4.79 Å². The normalized spacial score (nSPS) is 11.4. The number of H-pyrrole nitrogens is 2. The van der Waals surface area contributed by atoms with Crippen molar-refractivity contribution in [3.63, 3.8) is 0 Å². The largest absolute Gasteiger partial charge is 0.299 e. The number of benzene rings is 1. The lowest BCUT2D eigenvalue weighted by Gasteiger charge is -2.04. The van der Waals surface area contributed by atoms with Gasteiger partial charge in [0, 0.05) is 30.7 Å². The van der Waals surface area contributed by atoms with Gasteiger partial charge < -0.3 is 0 Å². The van der Waals surface area contributed by atoms with E-state index >= 15 is 0 Å². The number of carbonyl (C=O) groups excluding carboxylic acids is 1. The number of aromatic amines is 2. The molecule has 0 aliphatic carbocycles. The topological polar surface area (TPSA) is 122 Å². The summed E-state index contributed by atoms with van der Waals surface area (Å²) in [6, 6.07) is 12.5. The van der Waals surface area contributed by atoms with Crippen molar-refractivity contribution in [2.75, 3.05) is 0 Å². The van der Waals surface area contributed by atoms with Crippen molar-refractivity contribution in [2.45, 2.75) is 19.8 Å². The molecule has 0 saturated carbocycles. The quantitative estimate of drug-likeness (QED) is 0.468. The average molecular weight is 399 g/mol. The van der Waals surface area contributed by atoms with Crippen molar-refractivity contribution in [3.05, 3.63) is 64.7 Å². The minimum atomic E-state index is -0.275. The number of rotatable bonds is 5. The van der Waals surface area contributed by atoms with E-state index in [1.807, 2.05) is 43.3 Å². The van der Waals surface area contributed by atoms with Gasteiger partial charge in [-0.15, -0.1) is 0 Å². The third-order valence-corrected chi connectivity index (χ3v) is 4.99. The molecule has 0 radical (unpaired) electrons. The van der Waals surface area contributed by atoms with Crippen LogP contribution in [0.15, 0.2) is 53.5 Å². The molecule has 148 valence electrons. The maximum absolute atomic E-state index is 12.9. The first-order valence-corrected chi connectivity index (χ1v) is 9.52. The molecule has 9 heteroatoms. The second-order valence-corrected chi connectivity index (χ2v) is 6.92. The third-order valence-electron chi connectivity index (χ3n) is 4.99. The van der Waals surface area contributed by atoms with Crippen LogP contribution in [0.5, 0.6) is 0 Å². The van der Waals surface area contributed by atoms with Gasteiger partial charge in [0.25, 0.3) is 5.56 Å². The molecular formula is C21H17N7O2. The van der Waals surface area contributed by atoms with Crippen molar-refractivity contribution in [1.29, 1.82) is 0 Å². The SMILES string of the molecule is CCC(=O)Cc1[nH]n2c(=O)cc(-c3ccc4n[nH]nc4c3)nc2c1-c1ccccn1. The number of hydrogen-bond acceptors (Lipinski definition) is 6. The molecular weight excluding hydrogens is 382 g/mol. The summed E-state index contributed by atoms with van der Waals surface area (Å²) in [6.45, 7) is 1.81. The van der Waals surface area contributed by atoms with Gasteiger partial charge in [-0.05, 0) is 24.3 Å². The van der Waals surface area contributed by atoms with Gasteiger partial charge in [0.05, 0.1) is 22.6 Å². The fourth-order valence-corrected chi connectivity index (χ4v) is 3.46. The molecule has 0 fully saturated rings. The second kappa shape index (κ2) is 7.03. The van der Waals surface area contributed by atoms with E-state index in [1.54, 1.807) is 6.20 Å². The minimum absolute atomic E-state index is 0.0588. The molecule has 0 saturated heterocycles. The minimum Gasteiger partial charge on any atom is -0.299 e. The van der Waals surface area contributed by atoms with Gasteiger partial charge in [-0.1, -0.05) is 19.1 Å². The summed E-state index contributed by atoms with van der Waals surface area (Å²) in [5.74, 6) is 0.0588. The summed E-state index contributed by atoms with van der Waals surface area (Å²) in [6.07, 6.45) is 2.25. The molecule has 0 unspecified atom stereocenters. The Labute approximate surface area is 169 Å². The molecule has 30 heavy (non-hydrogen) atoms. The van der Waals surface area contributed by atoms with Gasteiger partial charge in [0.1, 0.15) is 16.8 Å². The Hall–Kier alpha value is -4.14. The zero-order valence-electron chi connectivity index (χ0n) is 16.1. The van der Waals surface area contributed by atoms with Crippen molar-refractivity contribution in [2.24, 2.45) is 0 Å². The Kier molecular flexibility index (Phi) is 4.20. The lowest BCUT2D eigenvalue weighted by Crippen LogP contribution is -2.14. The van der Waals surface area contributed by atoms with Crippen molar-refractivity contribution in [3.8, 4) is 22.5 Å². The zero-order valence-corrected chi connectivity index (χ0v) is 16.1. The fraction of sp³-hybridized carbons (Fsp3) is 0.143. The monoisotopic (exact) mass is 399 g/mol. The average Bonchev–Trinajstić information content (AvgIpc) is 3.38. The summed E-state index contributed by atoms with van der Waals surface area (Å²) in [5.41, 5.74) is 4.73. The number of aromatic nitrogens is 7. The maximum atomic E-state index is 12.9. The molecule has 0 aliphatic heterocycles. The van der Waals surface area contributed by atoms with Crippen LogP contribution in [0.4, 0.5) is 0 Å². The highest BCUT2D eigenvalue weighted by Crippen LogP contribution is 2.28. The molecule has 5 rings (SSSR count). The van der Waals surface area contributed by atoms with Gasteiger partial charge >= 0.3 is 0 Å². The van der Waals surface area contributed by atoms with Crippen molar-refractivity contribution >= 4 is 22.5 Å². The van der Waals surface area contributed by atoms with Crippen LogP contribution in [0.25, 0.3) is 39.2 Å². The lowest BCUT2D eigenvalue weighted by molar-refractivity contribution is -0.118. The van der Waals surface area contributed by atoms with Crippen LogP contribution in [0.1, 0.15) is 19.0 Å². The Bertz CT molecular complexity index is 1450. The van der Waals surface area contributed by atoms with Gasteiger partial charge in [-0.25, -0.2) is 9.50 Å². The van der Waals surface area contributed by atoms with E-state index in [4.69, 9.17) is 4.98 Å². The molecule has 0 aliphatic rings. The molecule has 4 aromatic heterocycles. The fourth-order valence-electron chi connectivity index (χ4n) is 3.46. The maximum Gasteiger partial charge on any atom is 0.273 e. The van der Waals surface area contributed by atoms with E-state index in [1.165, 1.54) is 10.6 Å². The highest BCUT2D eigenvalue weighted by atomic mass is 16.1. The van der Waals surface area contributed by atoms with Gasteiger partial charge in [0.2, 0.25) is 0 Å². The number of carbonyl (C=O) groups is 1.